The molecule has 0 fully saturated rings. The second-order valence-electron chi connectivity index (χ2n) is 7.86. The number of aromatic nitrogens is 1. The number of benzene rings is 3. The molecular formula is C27H25N3O2S. The molecule has 1 atom stereocenters. The van der Waals surface area contributed by atoms with Gasteiger partial charge in [0.05, 0.1) is 5.69 Å². The van der Waals surface area contributed by atoms with Crippen molar-refractivity contribution in [1.29, 1.82) is 0 Å². The first-order chi connectivity index (χ1) is 16.0. The zero-order valence-corrected chi connectivity index (χ0v) is 19.4. The summed E-state index contributed by atoms with van der Waals surface area (Å²) in [6, 6.07) is 25.9. The number of aryl methyl sites for hydroxylation is 2. The van der Waals surface area contributed by atoms with Crippen LogP contribution in [-0.4, -0.2) is 22.8 Å². The van der Waals surface area contributed by atoms with E-state index in [1.807, 2.05) is 74.5 Å². The van der Waals surface area contributed by atoms with E-state index in [1.54, 1.807) is 24.3 Å². The molecule has 2 amide bonds. The van der Waals surface area contributed by atoms with E-state index in [2.05, 4.69) is 15.6 Å². The van der Waals surface area contributed by atoms with Crippen molar-refractivity contribution < 1.29 is 9.59 Å². The van der Waals surface area contributed by atoms with Crippen LogP contribution in [-0.2, 0) is 11.2 Å². The topological polar surface area (TPSA) is 71.1 Å². The molecule has 166 valence electrons. The summed E-state index contributed by atoms with van der Waals surface area (Å²) in [6.45, 7) is 4.03. The molecular weight excluding hydrogens is 430 g/mol. The lowest BCUT2D eigenvalue weighted by atomic mass is 10.0. The van der Waals surface area contributed by atoms with Crippen molar-refractivity contribution in [2.75, 3.05) is 5.32 Å². The number of carbonyl (C=O) groups excluding carboxylic acids is 2. The van der Waals surface area contributed by atoms with Gasteiger partial charge in [0.1, 0.15) is 6.04 Å². The standard InChI is InChI=1S/C27H25N3O2S/c1-18-13-15-21(16-14-18)24-19(2)33-27(29-24)30-26(32)23(17-20-9-5-3-6-10-20)28-25(31)22-11-7-4-8-12-22/h3-16,23H,17H2,1-2H3,(H,28,31)(H,29,30,32)/t23-/m0/s1. The minimum atomic E-state index is -0.743. The summed E-state index contributed by atoms with van der Waals surface area (Å²) in [7, 11) is 0. The van der Waals surface area contributed by atoms with Crippen LogP contribution in [0, 0.1) is 13.8 Å². The number of anilines is 1. The van der Waals surface area contributed by atoms with Gasteiger partial charge < -0.3 is 10.6 Å². The number of amides is 2. The summed E-state index contributed by atoms with van der Waals surface area (Å²) in [6.07, 6.45) is 0.375. The molecule has 1 aromatic heterocycles. The molecule has 1 heterocycles. The normalized spacial score (nSPS) is 11.6. The van der Waals surface area contributed by atoms with Crippen LogP contribution in [0.4, 0.5) is 5.13 Å². The van der Waals surface area contributed by atoms with Gasteiger partial charge in [0.25, 0.3) is 5.91 Å². The highest BCUT2D eigenvalue weighted by Gasteiger charge is 2.23. The van der Waals surface area contributed by atoms with E-state index in [4.69, 9.17) is 0 Å². The van der Waals surface area contributed by atoms with E-state index in [0.29, 0.717) is 17.1 Å². The monoisotopic (exact) mass is 455 g/mol. The first-order valence-corrected chi connectivity index (χ1v) is 11.6. The third-order valence-corrected chi connectivity index (χ3v) is 6.18. The predicted molar refractivity (Wildman–Crippen MR) is 133 cm³/mol. The van der Waals surface area contributed by atoms with E-state index in [0.717, 1.165) is 21.7 Å². The first-order valence-electron chi connectivity index (χ1n) is 10.7. The third-order valence-electron chi connectivity index (χ3n) is 5.29. The fourth-order valence-corrected chi connectivity index (χ4v) is 4.35. The second-order valence-corrected chi connectivity index (χ2v) is 9.06. The zero-order chi connectivity index (χ0) is 23.2. The van der Waals surface area contributed by atoms with Crippen molar-refractivity contribution in [2.24, 2.45) is 0 Å². The van der Waals surface area contributed by atoms with Crippen molar-refractivity contribution in [3.05, 3.63) is 106 Å². The van der Waals surface area contributed by atoms with Crippen LogP contribution in [0.15, 0.2) is 84.9 Å². The smallest absolute Gasteiger partial charge is 0.251 e. The van der Waals surface area contributed by atoms with Crippen molar-refractivity contribution in [1.82, 2.24) is 10.3 Å². The van der Waals surface area contributed by atoms with Gasteiger partial charge in [-0.05, 0) is 31.5 Å². The summed E-state index contributed by atoms with van der Waals surface area (Å²) < 4.78 is 0. The Bertz CT molecular complexity index is 1240. The van der Waals surface area contributed by atoms with Crippen LogP contribution < -0.4 is 10.6 Å². The molecule has 0 saturated carbocycles. The molecule has 4 rings (SSSR count). The molecule has 0 aliphatic carbocycles. The maximum absolute atomic E-state index is 13.2. The molecule has 0 spiro atoms. The van der Waals surface area contributed by atoms with E-state index in [1.165, 1.54) is 16.9 Å². The minimum Gasteiger partial charge on any atom is -0.340 e. The predicted octanol–water partition coefficient (Wildman–Crippen LogP) is 5.41. The molecule has 3 aromatic carbocycles. The Balaban J connectivity index is 1.54. The van der Waals surface area contributed by atoms with Crippen molar-refractivity contribution in [3.8, 4) is 11.3 Å². The number of nitrogens with one attached hydrogen (secondary N) is 2. The molecule has 33 heavy (non-hydrogen) atoms. The highest BCUT2D eigenvalue weighted by Crippen LogP contribution is 2.30. The molecule has 0 saturated heterocycles. The Kier molecular flexibility index (Phi) is 6.95. The van der Waals surface area contributed by atoms with Gasteiger partial charge in [0, 0.05) is 22.4 Å². The van der Waals surface area contributed by atoms with Gasteiger partial charge in [-0.25, -0.2) is 4.98 Å². The Hall–Kier alpha value is -3.77. The molecule has 0 radical (unpaired) electrons. The summed E-state index contributed by atoms with van der Waals surface area (Å²) in [4.78, 5) is 31.7. The second kappa shape index (κ2) is 10.2. The lowest BCUT2D eigenvalue weighted by Gasteiger charge is -2.18. The largest absolute Gasteiger partial charge is 0.340 e. The average molecular weight is 456 g/mol. The molecule has 0 aliphatic rings. The number of rotatable bonds is 7. The Morgan fingerprint density at radius 1 is 0.879 bits per heavy atom. The van der Waals surface area contributed by atoms with Gasteiger partial charge in [0.2, 0.25) is 5.91 Å². The summed E-state index contributed by atoms with van der Waals surface area (Å²) in [5.74, 6) is -0.588. The highest BCUT2D eigenvalue weighted by molar-refractivity contribution is 7.16. The van der Waals surface area contributed by atoms with Crippen molar-refractivity contribution in [2.45, 2.75) is 26.3 Å². The van der Waals surface area contributed by atoms with Gasteiger partial charge in [-0.2, -0.15) is 0 Å². The van der Waals surface area contributed by atoms with Crippen LogP contribution in [0.25, 0.3) is 11.3 Å². The fourth-order valence-electron chi connectivity index (χ4n) is 3.51. The van der Waals surface area contributed by atoms with E-state index in [9.17, 15) is 9.59 Å². The first kappa shape index (κ1) is 22.4. The van der Waals surface area contributed by atoms with Gasteiger partial charge in [-0.3, -0.25) is 9.59 Å². The van der Waals surface area contributed by atoms with E-state index >= 15 is 0 Å². The minimum absolute atomic E-state index is 0.289. The number of hydrogen-bond donors (Lipinski definition) is 2. The molecule has 4 aromatic rings. The van der Waals surface area contributed by atoms with Crippen molar-refractivity contribution in [3.63, 3.8) is 0 Å². The molecule has 0 bridgehead atoms. The van der Waals surface area contributed by atoms with Crippen LogP contribution in [0.5, 0.6) is 0 Å². The lowest BCUT2D eigenvalue weighted by molar-refractivity contribution is -0.118. The quantitative estimate of drug-likeness (QED) is 0.392. The fraction of sp³-hybridized carbons (Fsp3) is 0.148. The zero-order valence-electron chi connectivity index (χ0n) is 18.5. The number of hydrogen-bond acceptors (Lipinski definition) is 4. The van der Waals surface area contributed by atoms with Gasteiger partial charge in [-0.15, -0.1) is 11.3 Å². The highest BCUT2D eigenvalue weighted by atomic mass is 32.1. The number of thiazole rings is 1. The summed E-state index contributed by atoms with van der Waals surface area (Å²) in [5, 5.41) is 6.32. The molecule has 6 heteroatoms. The van der Waals surface area contributed by atoms with Crippen LogP contribution in [0.2, 0.25) is 0 Å². The van der Waals surface area contributed by atoms with Crippen molar-refractivity contribution >= 4 is 28.3 Å². The Labute approximate surface area is 197 Å². The SMILES string of the molecule is Cc1ccc(-c2nc(NC(=O)[C@H](Cc3ccccc3)NC(=O)c3ccccc3)sc2C)cc1. The molecule has 2 N–H and O–H groups in total. The average Bonchev–Trinajstić information content (AvgIpc) is 3.20. The Morgan fingerprint density at radius 2 is 1.52 bits per heavy atom. The number of nitrogens with zero attached hydrogens (tertiary/aromatic N) is 1. The van der Waals surface area contributed by atoms with E-state index < -0.39 is 6.04 Å². The van der Waals surface area contributed by atoms with Crippen LogP contribution >= 0.6 is 11.3 Å². The van der Waals surface area contributed by atoms with Crippen LogP contribution in [0.1, 0.15) is 26.4 Å². The maximum atomic E-state index is 13.2. The maximum Gasteiger partial charge on any atom is 0.251 e. The molecule has 0 unspecified atom stereocenters. The van der Waals surface area contributed by atoms with Gasteiger partial charge in [-0.1, -0.05) is 78.4 Å². The Morgan fingerprint density at radius 3 is 2.18 bits per heavy atom. The van der Waals surface area contributed by atoms with Crippen LogP contribution in [0.3, 0.4) is 0 Å². The molecule has 0 aliphatic heterocycles. The van der Waals surface area contributed by atoms with Gasteiger partial charge in [0.15, 0.2) is 5.13 Å². The third kappa shape index (κ3) is 5.73. The number of carbonyl (C=O) groups is 2. The van der Waals surface area contributed by atoms with Gasteiger partial charge >= 0.3 is 0 Å². The summed E-state index contributed by atoms with van der Waals surface area (Å²) >= 11 is 1.42. The molecule has 5 nitrogen and oxygen atoms in total. The van der Waals surface area contributed by atoms with E-state index in [-0.39, 0.29) is 11.8 Å². The lowest BCUT2D eigenvalue weighted by Crippen LogP contribution is -2.45. The summed E-state index contributed by atoms with van der Waals surface area (Å²) in [5.41, 5.74) is 4.51.